The average molecular weight is 343 g/mol. The van der Waals surface area contributed by atoms with Gasteiger partial charge >= 0.3 is 0 Å². The molecule has 0 fully saturated rings. The molecule has 0 aliphatic carbocycles. The number of nitrogens with one attached hydrogen (secondary N) is 1. The molecule has 0 unspecified atom stereocenters. The number of amides is 1. The minimum Gasteiger partial charge on any atom is -0.419 e. The topological polar surface area (TPSA) is 104 Å². The van der Waals surface area contributed by atoms with Crippen LogP contribution >= 0.6 is 0 Å². The van der Waals surface area contributed by atoms with E-state index in [-0.39, 0.29) is 12.3 Å². The van der Waals surface area contributed by atoms with Crippen molar-refractivity contribution in [3.63, 3.8) is 0 Å². The lowest BCUT2D eigenvalue weighted by molar-refractivity contribution is -0.116. The van der Waals surface area contributed by atoms with Crippen LogP contribution in [0.15, 0.2) is 22.7 Å². The van der Waals surface area contributed by atoms with Gasteiger partial charge in [0.05, 0.1) is 5.69 Å². The molecule has 1 N–H and O–H groups in total. The van der Waals surface area contributed by atoms with E-state index < -0.39 is 0 Å². The summed E-state index contributed by atoms with van der Waals surface area (Å²) < 4.78 is 9.22. The highest BCUT2D eigenvalue weighted by Gasteiger charge is 2.15. The molecular formula is C16H21N7O2. The van der Waals surface area contributed by atoms with Gasteiger partial charge in [-0.1, -0.05) is 0 Å². The van der Waals surface area contributed by atoms with Gasteiger partial charge < -0.3 is 9.73 Å². The number of carbonyl (C=O) groups excluding carboxylic acids is 1. The zero-order chi connectivity index (χ0) is 17.8. The summed E-state index contributed by atoms with van der Waals surface area (Å²) in [4.78, 5) is 12.0. The first-order chi connectivity index (χ1) is 12.1. The summed E-state index contributed by atoms with van der Waals surface area (Å²) in [6, 6.07) is 3.66. The number of rotatable bonds is 7. The summed E-state index contributed by atoms with van der Waals surface area (Å²) >= 11 is 0. The van der Waals surface area contributed by atoms with Crippen molar-refractivity contribution in [2.75, 3.05) is 5.32 Å². The first-order valence-corrected chi connectivity index (χ1v) is 8.29. The molecule has 0 saturated carbocycles. The van der Waals surface area contributed by atoms with Crippen LogP contribution in [-0.2, 0) is 24.3 Å². The molecule has 0 bridgehead atoms. The number of carbonyl (C=O) groups is 1. The Balaban J connectivity index is 1.58. The van der Waals surface area contributed by atoms with E-state index in [1.165, 1.54) is 0 Å². The summed E-state index contributed by atoms with van der Waals surface area (Å²) in [7, 11) is 0. The fraction of sp³-hybridized carbons (Fsp3) is 0.438. The van der Waals surface area contributed by atoms with Crippen LogP contribution in [0.2, 0.25) is 0 Å². The lowest BCUT2D eigenvalue weighted by Crippen LogP contribution is -2.13. The van der Waals surface area contributed by atoms with Gasteiger partial charge in [-0.3, -0.25) is 14.2 Å². The number of nitrogens with zero attached hydrogens (tertiary/aromatic N) is 6. The first kappa shape index (κ1) is 16.9. The molecule has 0 aliphatic heterocycles. The molecule has 3 aromatic heterocycles. The SMILES string of the molecule is CCn1ccc(NC(=O)CCc2nnc(-c3cc(C)nn3CC)o2)n1. The van der Waals surface area contributed by atoms with Gasteiger partial charge in [0.1, 0.15) is 5.69 Å². The molecule has 1 amide bonds. The molecule has 0 spiro atoms. The second-order valence-corrected chi connectivity index (χ2v) is 5.59. The van der Waals surface area contributed by atoms with Crippen molar-refractivity contribution < 1.29 is 9.21 Å². The van der Waals surface area contributed by atoms with Crippen LogP contribution in [0.4, 0.5) is 5.82 Å². The van der Waals surface area contributed by atoms with Crippen LogP contribution in [0.5, 0.6) is 0 Å². The van der Waals surface area contributed by atoms with E-state index in [0.29, 0.717) is 30.6 Å². The largest absolute Gasteiger partial charge is 0.419 e. The van der Waals surface area contributed by atoms with Crippen LogP contribution in [0.1, 0.15) is 31.9 Å². The zero-order valence-corrected chi connectivity index (χ0v) is 14.6. The fourth-order valence-electron chi connectivity index (χ4n) is 2.45. The molecular weight excluding hydrogens is 322 g/mol. The quantitative estimate of drug-likeness (QED) is 0.704. The molecule has 25 heavy (non-hydrogen) atoms. The van der Waals surface area contributed by atoms with Gasteiger partial charge in [0.25, 0.3) is 5.89 Å². The van der Waals surface area contributed by atoms with Gasteiger partial charge in [-0.2, -0.15) is 10.2 Å². The van der Waals surface area contributed by atoms with E-state index >= 15 is 0 Å². The molecule has 3 aromatic rings. The molecule has 3 rings (SSSR count). The minimum absolute atomic E-state index is 0.143. The van der Waals surface area contributed by atoms with Crippen LogP contribution < -0.4 is 5.32 Å². The molecule has 0 aliphatic rings. The highest BCUT2D eigenvalue weighted by molar-refractivity contribution is 5.89. The Kier molecular flexibility index (Phi) is 4.92. The number of hydrogen-bond donors (Lipinski definition) is 1. The summed E-state index contributed by atoms with van der Waals surface area (Å²) in [6.45, 7) is 7.37. The average Bonchev–Trinajstić information content (AvgIpc) is 3.31. The van der Waals surface area contributed by atoms with Crippen LogP contribution in [0, 0.1) is 6.92 Å². The monoisotopic (exact) mass is 343 g/mol. The van der Waals surface area contributed by atoms with Crippen molar-refractivity contribution in [1.29, 1.82) is 0 Å². The molecule has 3 heterocycles. The Bertz CT molecular complexity index is 862. The summed E-state index contributed by atoms with van der Waals surface area (Å²) in [5.74, 6) is 1.24. The first-order valence-electron chi connectivity index (χ1n) is 8.29. The summed E-state index contributed by atoms with van der Waals surface area (Å²) in [5.41, 5.74) is 1.68. The Labute approximate surface area is 145 Å². The van der Waals surface area contributed by atoms with E-state index in [1.807, 2.05) is 37.7 Å². The van der Waals surface area contributed by atoms with Crippen molar-refractivity contribution in [1.82, 2.24) is 29.8 Å². The number of aryl methyl sites for hydroxylation is 4. The van der Waals surface area contributed by atoms with Gasteiger partial charge in [-0.25, -0.2) is 0 Å². The molecule has 9 heteroatoms. The Morgan fingerprint density at radius 3 is 2.80 bits per heavy atom. The van der Waals surface area contributed by atoms with E-state index in [0.717, 1.165) is 17.9 Å². The Morgan fingerprint density at radius 2 is 2.08 bits per heavy atom. The number of anilines is 1. The molecule has 0 saturated heterocycles. The van der Waals surface area contributed by atoms with Crippen molar-refractivity contribution >= 4 is 11.7 Å². The standard InChI is InChI=1S/C16H21N7O2/c1-4-22-9-8-13(21-22)17-14(24)6-7-15-18-19-16(25-15)12-10-11(3)20-23(12)5-2/h8-10H,4-7H2,1-3H3,(H,17,21,24). The third kappa shape index (κ3) is 3.93. The smallest absolute Gasteiger partial charge is 0.265 e. The van der Waals surface area contributed by atoms with Crippen molar-refractivity contribution in [2.45, 2.75) is 46.7 Å². The predicted octanol–water partition coefficient (Wildman–Crippen LogP) is 2.05. The minimum atomic E-state index is -0.143. The molecule has 132 valence electrons. The summed E-state index contributed by atoms with van der Waals surface area (Å²) in [6.07, 6.45) is 2.43. The molecule has 0 atom stereocenters. The lowest BCUT2D eigenvalue weighted by atomic mass is 10.3. The number of hydrogen-bond acceptors (Lipinski definition) is 6. The van der Waals surface area contributed by atoms with Crippen molar-refractivity contribution in [3.8, 4) is 11.6 Å². The maximum absolute atomic E-state index is 12.0. The second kappa shape index (κ2) is 7.29. The van der Waals surface area contributed by atoms with E-state index in [4.69, 9.17) is 4.42 Å². The van der Waals surface area contributed by atoms with Gasteiger partial charge in [0.2, 0.25) is 11.8 Å². The lowest BCUT2D eigenvalue weighted by Gasteiger charge is -2.00. The highest BCUT2D eigenvalue weighted by Crippen LogP contribution is 2.19. The highest BCUT2D eigenvalue weighted by atomic mass is 16.4. The van der Waals surface area contributed by atoms with Crippen molar-refractivity contribution in [3.05, 3.63) is 29.9 Å². The fourth-order valence-corrected chi connectivity index (χ4v) is 2.45. The number of aromatic nitrogens is 6. The van der Waals surface area contributed by atoms with Crippen molar-refractivity contribution in [2.24, 2.45) is 0 Å². The van der Waals surface area contributed by atoms with Crippen LogP contribution in [-0.4, -0.2) is 35.7 Å². The van der Waals surface area contributed by atoms with E-state index in [2.05, 4.69) is 25.7 Å². The Hall–Kier alpha value is -2.97. The maximum atomic E-state index is 12.0. The predicted molar refractivity (Wildman–Crippen MR) is 90.8 cm³/mol. The van der Waals surface area contributed by atoms with E-state index in [1.54, 1.807) is 10.7 Å². The van der Waals surface area contributed by atoms with E-state index in [9.17, 15) is 4.79 Å². The maximum Gasteiger partial charge on any atom is 0.265 e. The molecule has 0 radical (unpaired) electrons. The molecule has 9 nitrogen and oxygen atoms in total. The normalized spacial score (nSPS) is 11.0. The zero-order valence-electron chi connectivity index (χ0n) is 14.6. The van der Waals surface area contributed by atoms with Crippen LogP contribution in [0.3, 0.4) is 0 Å². The van der Waals surface area contributed by atoms with Gasteiger partial charge in [0.15, 0.2) is 5.82 Å². The Morgan fingerprint density at radius 1 is 1.24 bits per heavy atom. The molecule has 0 aromatic carbocycles. The van der Waals surface area contributed by atoms with Crippen LogP contribution in [0.25, 0.3) is 11.6 Å². The van der Waals surface area contributed by atoms with Gasteiger partial charge in [-0.05, 0) is 26.8 Å². The summed E-state index contributed by atoms with van der Waals surface area (Å²) in [5, 5.41) is 19.4. The second-order valence-electron chi connectivity index (χ2n) is 5.59. The van der Waals surface area contributed by atoms with Gasteiger partial charge in [0, 0.05) is 38.2 Å². The third-order valence-corrected chi connectivity index (χ3v) is 3.69. The third-order valence-electron chi connectivity index (χ3n) is 3.69. The van der Waals surface area contributed by atoms with Gasteiger partial charge in [-0.15, -0.1) is 10.2 Å².